The maximum atomic E-state index is 12.7. The molecule has 0 aliphatic rings. The van der Waals surface area contributed by atoms with E-state index in [0.717, 1.165) is 96.3 Å². The molecular weight excluding hydrogens is 693 g/mol. The zero-order valence-electron chi connectivity index (χ0n) is 36.1. The molecule has 0 aromatic carbocycles. The third-order valence-corrected chi connectivity index (χ3v) is 8.82. The van der Waals surface area contributed by atoms with E-state index in [-0.39, 0.29) is 25.2 Å². The largest absolute Gasteiger partial charge is 0.462 e. The molecule has 0 radical (unpaired) electrons. The first-order chi connectivity index (χ1) is 27.6. The third kappa shape index (κ3) is 43.3. The van der Waals surface area contributed by atoms with Crippen LogP contribution in [0.2, 0.25) is 0 Å². The van der Waals surface area contributed by atoms with Gasteiger partial charge in [-0.15, -0.1) is 0 Å². The lowest BCUT2D eigenvalue weighted by atomic mass is 10.1. The highest BCUT2D eigenvalue weighted by Gasteiger charge is 2.17. The first kappa shape index (κ1) is 52.6. The highest BCUT2D eigenvalue weighted by Crippen LogP contribution is 2.12. The second kappa shape index (κ2) is 45.9. The summed E-state index contributed by atoms with van der Waals surface area (Å²) in [7, 11) is 0. The van der Waals surface area contributed by atoms with Gasteiger partial charge in [-0.1, -0.05) is 182 Å². The summed E-state index contributed by atoms with van der Waals surface area (Å²) in [4.78, 5) is 25.1. The van der Waals surface area contributed by atoms with Crippen molar-refractivity contribution < 1.29 is 23.8 Å². The van der Waals surface area contributed by atoms with Crippen LogP contribution in [-0.2, 0) is 23.8 Å². The van der Waals surface area contributed by atoms with Crippen molar-refractivity contribution in [1.82, 2.24) is 0 Å². The van der Waals surface area contributed by atoms with Crippen molar-refractivity contribution in [2.45, 2.75) is 181 Å². The Morgan fingerprint density at radius 1 is 0.411 bits per heavy atom. The van der Waals surface area contributed by atoms with E-state index in [1.54, 1.807) is 0 Å². The van der Waals surface area contributed by atoms with Crippen LogP contribution < -0.4 is 0 Å². The zero-order valence-corrected chi connectivity index (χ0v) is 36.1. The quantitative estimate of drug-likeness (QED) is 0.0354. The number of hydrogen-bond donors (Lipinski definition) is 0. The van der Waals surface area contributed by atoms with Gasteiger partial charge in [-0.05, 0) is 89.9 Å². The van der Waals surface area contributed by atoms with E-state index in [9.17, 15) is 9.59 Å². The molecular formula is C51H82O5. The van der Waals surface area contributed by atoms with Gasteiger partial charge in [-0.3, -0.25) is 9.59 Å². The van der Waals surface area contributed by atoms with Gasteiger partial charge in [0.1, 0.15) is 6.61 Å². The number of hydrogen-bond acceptors (Lipinski definition) is 5. The van der Waals surface area contributed by atoms with Crippen LogP contribution in [0, 0.1) is 0 Å². The zero-order chi connectivity index (χ0) is 40.7. The monoisotopic (exact) mass is 775 g/mol. The number of ether oxygens (including phenoxy) is 3. The van der Waals surface area contributed by atoms with E-state index in [1.807, 2.05) is 6.08 Å². The van der Waals surface area contributed by atoms with Crippen molar-refractivity contribution in [2.24, 2.45) is 0 Å². The Morgan fingerprint density at radius 3 is 1.32 bits per heavy atom. The second-order valence-corrected chi connectivity index (χ2v) is 14.2. The fourth-order valence-electron chi connectivity index (χ4n) is 5.55. The molecule has 56 heavy (non-hydrogen) atoms. The summed E-state index contributed by atoms with van der Waals surface area (Å²) >= 11 is 0. The van der Waals surface area contributed by atoms with Gasteiger partial charge >= 0.3 is 11.9 Å². The van der Waals surface area contributed by atoms with Crippen LogP contribution in [0.1, 0.15) is 175 Å². The van der Waals surface area contributed by atoms with Crippen LogP contribution in [0.25, 0.3) is 0 Å². The lowest BCUT2D eigenvalue weighted by molar-refractivity contribution is -0.162. The Bertz CT molecular complexity index is 1150. The van der Waals surface area contributed by atoms with E-state index in [2.05, 4.69) is 124 Å². The predicted octanol–water partition coefficient (Wildman–Crippen LogP) is 14.9. The third-order valence-electron chi connectivity index (χ3n) is 8.82. The maximum Gasteiger partial charge on any atom is 0.306 e. The number of carbonyl (C=O) groups excluding carboxylic acids is 2. The van der Waals surface area contributed by atoms with Crippen molar-refractivity contribution in [3.8, 4) is 0 Å². The standard InChI is InChI=1S/C51H82O5/c1-4-7-10-13-16-19-21-23-24-25-26-27-29-31-34-37-40-43-46-54-47-49(56-51(53)45-42-39-36-32-18-15-12-9-6-3)48-55-50(52)44-41-38-35-33-30-28-22-20-17-14-11-8-5-2/h7-8,10-11,16-17,19-20,23-24,26-28,30-31,34-35,38,49H,4-6,9,12-15,18,21-22,25,29,32-33,36-37,39-48H2,1-3H3/b10-7-,11-8-,19-16-,20-17-,24-23-,27-26-,30-28-,34-31-,38-35-. The highest BCUT2D eigenvalue weighted by molar-refractivity contribution is 5.70. The maximum absolute atomic E-state index is 12.7. The number of unbranched alkanes of at least 4 members (excludes halogenated alkanes) is 10. The van der Waals surface area contributed by atoms with Gasteiger partial charge < -0.3 is 14.2 Å². The summed E-state index contributed by atoms with van der Waals surface area (Å²) < 4.78 is 17.2. The molecule has 0 saturated carbocycles. The topological polar surface area (TPSA) is 61.8 Å². The molecule has 0 aliphatic carbocycles. The SMILES string of the molecule is CC/C=C\C/C=C\C/C=C\C/C=C\C/C=C\CCCCOCC(COC(=O)CC/C=C\C/C=C\C/C=C\C/C=C\CC)OC(=O)CCCCCCCCCCC. The molecule has 0 saturated heterocycles. The van der Waals surface area contributed by atoms with E-state index < -0.39 is 6.10 Å². The minimum atomic E-state index is -0.589. The Kier molecular flexibility index (Phi) is 43.1. The van der Waals surface area contributed by atoms with Crippen LogP contribution in [0.5, 0.6) is 0 Å². The van der Waals surface area contributed by atoms with Gasteiger partial charge in [-0.2, -0.15) is 0 Å². The Hall–Kier alpha value is -3.44. The molecule has 1 unspecified atom stereocenters. The average Bonchev–Trinajstić information content (AvgIpc) is 3.20. The lowest BCUT2D eigenvalue weighted by Gasteiger charge is -2.18. The van der Waals surface area contributed by atoms with Crippen LogP contribution in [0.15, 0.2) is 109 Å². The van der Waals surface area contributed by atoms with Gasteiger partial charge in [0.15, 0.2) is 6.10 Å². The minimum absolute atomic E-state index is 0.0244. The molecule has 5 nitrogen and oxygen atoms in total. The first-order valence-corrected chi connectivity index (χ1v) is 22.4. The van der Waals surface area contributed by atoms with Crippen molar-refractivity contribution >= 4 is 11.9 Å². The fourth-order valence-corrected chi connectivity index (χ4v) is 5.55. The van der Waals surface area contributed by atoms with Crippen LogP contribution in [0.3, 0.4) is 0 Å². The summed E-state index contributed by atoms with van der Waals surface area (Å²) in [5.41, 5.74) is 0. The van der Waals surface area contributed by atoms with Crippen LogP contribution >= 0.6 is 0 Å². The second-order valence-electron chi connectivity index (χ2n) is 14.2. The molecule has 0 spiro atoms. The van der Waals surface area contributed by atoms with Crippen molar-refractivity contribution in [1.29, 1.82) is 0 Å². The van der Waals surface area contributed by atoms with Crippen molar-refractivity contribution in [3.05, 3.63) is 109 Å². The molecule has 0 aliphatic heterocycles. The summed E-state index contributed by atoms with van der Waals surface area (Å²) in [6.07, 6.45) is 62.5. The first-order valence-electron chi connectivity index (χ1n) is 22.4. The number of allylic oxidation sites excluding steroid dienone is 18. The molecule has 0 aromatic heterocycles. The van der Waals surface area contributed by atoms with E-state index in [4.69, 9.17) is 14.2 Å². The summed E-state index contributed by atoms with van der Waals surface area (Å²) in [6, 6.07) is 0. The van der Waals surface area contributed by atoms with E-state index >= 15 is 0 Å². The molecule has 0 rings (SSSR count). The van der Waals surface area contributed by atoms with Crippen LogP contribution in [0.4, 0.5) is 0 Å². The fraction of sp³-hybridized carbons (Fsp3) is 0.608. The molecule has 1 atom stereocenters. The Labute approximate surface area is 344 Å². The van der Waals surface area contributed by atoms with Crippen molar-refractivity contribution in [2.75, 3.05) is 19.8 Å². The van der Waals surface area contributed by atoms with E-state index in [1.165, 1.54) is 38.5 Å². The van der Waals surface area contributed by atoms with Crippen molar-refractivity contribution in [3.63, 3.8) is 0 Å². The average molecular weight is 775 g/mol. The number of carbonyl (C=O) groups is 2. The predicted molar refractivity (Wildman–Crippen MR) is 242 cm³/mol. The summed E-state index contributed by atoms with van der Waals surface area (Å²) in [6.45, 7) is 7.37. The summed E-state index contributed by atoms with van der Waals surface area (Å²) in [5, 5.41) is 0. The van der Waals surface area contributed by atoms with Gasteiger partial charge in [0.2, 0.25) is 0 Å². The molecule has 0 bridgehead atoms. The molecule has 0 heterocycles. The van der Waals surface area contributed by atoms with Gasteiger partial charge in [0.05, 0.1) is 6.61 Å². The highest BCUT2D eigenvalue weighted by atomic mass is 16.6. The molecule has 316 valence electrons. The molecule has 5 heteroatoms. The normalized spacial score (nSPS) is 13.3. The van der Waals surface area contributed by atoms with Gasteiger partial charge in [-0.25, -0.2) is 0 Å². The minimum Gasteiger partial charge on any atom is -0.462 e. The molecule has 0 aromatic rings. The van der Waals surface area contributed by atoms with Gasteiger partial charge in [0, 0.05) is 19.4 Å². The lowest BCUT2D eigenvalue weighted by Crippen LogP contribution is -2.30. The molecule has 0 N–H and O–H groups in total. The molecule has 0 fully saturated rings. The van der Waals surface area contributed by atoms with E-state index in [0.29, 0.717) is 25.9 Å². The Balaban J connectivity index is 4.42. The van der Waals surface area contributed by atoms with Crippen LogP contribution in [-0.4, -0.2) is 37.9 Å². The molecule has 0 amide bonds. The Morgan fingerprint density at radius 2 is 0.839 bits per heavy atom. The number of rotatable bonds is 39. The smallest absolute Gasteiger partial charge is 0.306 e. The number of esters is 2. The summed E-state index contributed by atoms with van der Waals surface area (Å²) in [5.74, 6) is -0.528. The van der Waals surface area contributed by atoms with Gasteiger partial charge in [0.25, 0.3) is 0 Å².